The second-order valence-electron chi connectivity index (χ2n) is 10.4. The van der Waals surface area contributed by atoms with Gasteiger partial charge in [-0.05, 0) is 62.8 Å². The number of carbonyl (C=O) groups is 3. The van der Waals surface area contributed by atoms with E-state index in [1.165, 1.54) is 11.9 Å². The molecular formula is C27H32N2O5. The Bertz CT molecular complexity index is 1100. The summed E-state index contributed by atoms with van der Waals surface area (Å²) >= 11 is 0. The summed E-state index contributed by atoms with van der Waals surface area (Å²) in [5.41, 5.74) is 1.33. The molecule has 180 valence electrons. The van der Waals surface area contributed by atoms with Gasteiger partial charge in [-0.1, -0.05) is 48.5 Å². The molecule has 0 radical (unpaired) electrons. The van der Waals surface area contributed by atoms with Gasteiger partial charge in [-0.25, -0.2) is 9.59 Å². The number of nitrogens with zero attached hydrogens (tertiary/aromatic N) is 1. The lowest BCUT2D eigenvalue weighted by Crippen LogP contribution is -2.61. The summed E-state index contributed by atoms with van der Waals surface area (Å²) in [5.74, 6) is -1.40. The van der Waals surface area contributed by atoms with Crippen molar-refractivity contribution in [1.29, 1.82) is 0 Å². The first kappa shape index (κ1) is 23.8. The zero-order valence-corrected chi connectivity index (χ0v) is 20.3. The highest BCUT2D eigenvalue weighted by molar-refractivity contribution is 5.92. The highest BCUT2D eigenvalue weighted by atomic mass is 16.5. The first-order valence-electron chi connectivity index (χ1n) is 11.6. The number of ether oxygens (including phenoxy) is 1. The van der Waals surface area contributed by atoms with Crippen molar-refractivity contribution in [3.8, 4) is 11.1 Å². The van der Waals surface area contributed by atoms with Crippen LogP contribution in [0.2, 0.25) is 0 Å². The number of carboxylic acid groups (broad SMARTS) is 1. The molecule has 34 heavy (non-hydrogen) atoms. The van der Waals surface area contributed by atoms with Crippen molar-refractivity contribution >= 4 is 18.0 Å². The second kappa shape index (κ2) is 8.15. The lowest BCUT2D eigenvalue weighted by molar-refractivity contribution is -0.157. The van der Waals surface area contributed by atoms with E-state index in [0.717, 1.165) is 22.3 Å². The average Bonchev–Trinajstić information content (AvgIpc) is 3.55. The van der Waals surface area contributed by atoms with Gasteiger partial charge in [-0.15, -0.1) is 0 Å². The van der Waals surface area contributed by atoms with E-state index in [9.17, 15) is 19.5 Å². The van der Waals surface area contributed by atoms with Crippen LogP contribution in [0.1, 0.15) is 57.6 Å². The first-order valence-corrected chi connectivity index (χ1v) is 11.6. The smallest absolute Gasteiger partial charge is 0.407 e. The molecule has 2 aliphatic carbocycles. The van der Waals surface area contributed by atoms with Crippen molar-refractivity contribution in [3.05, 3.63) is 59.7 Å². The highest BCUT2D eigenvalue weighted by Crippen LogP contribution is 2.46. The number of carbonyl (C=O) groups excluding carboxylic acids is 2. The van der Waals surface area contributed by atoms with Crippen LogP contribution in [-0.2, 0) is 14.3 Å². The molecule has 2 aromatic carbocycles. The van der Waals surface area contributed by atoms with E-state index in [1.54, 1.807) is 27.7 Å². The molecule has 2 aromatic rings. The average molecular weight is 465 g/mol. The standard InChI is InChI=1S/C27H32N2O5/c1-25(2,22(30)29(5)27(14-15-27)23(31)32)26(3,4)28-24(33)34-16-21-19-12-8-6-10-17(19)18-11-7-9-13-20(18)21/h6-13,21H,14-16H2,1-5H3,(H,28,33)(H,31,32). The van der Waals surface area contributed by atoms with Crippen LogP contribution in [-0.4, -0.2) is 52.7 Å². The molecule has 1 saturated carbocycles. The van der Waals surface area contributed by atoms with Crippen LogP contribution in [0.25, 0.3) is 11.1 Å². The summed E-state index contributed by atoms with van der Waals surface area (Å²) in [7, 11) is 1.52. The monoisotopic (exact) mass is 464 g/mol. The zero-order chi connectivity index (χ0) is 24.9. The summed E-state index contributed by atoms with van der Waals surface area (Å²) in [6.45, 7) is 7.11. The van der Waals surface area contributed by atoms with Gasteiger partial charge in [-0.2, -0.15) is 0 Å². The van der Waals surface area contributed by atoms with Gasteiger partial charge < -0.3 is 20.1 Å². The second-order valence-corrected chi connectivity index (χ2v) is 10.4. The fraction of sp³-hybridized carbons (Fsp3) is 0.444. The van der Waals surface area contributed by atoms with E-state index in [1.807, 2.05) is 24.3 Å². The van der Waals surface area contributed by atoms with E-state index in [-0.39, 0.29) is 18.4 Å². The molecule has 0 aromatic heterocycles. The minimum Gasteiger partial charge on any atom is -0.479 e. The van der Waals surface area contributed by atoms with Crippen LogP contribution >= 0.6 is 0 Å². The Morgan fingerprint density at radius 3 is 1.97 bits per heavy atom. The molecule has 0 spiro atoms. The molecule has 2 N–H and O–H groups in total. The predicted molar refractivity (Wildman–Crippen MR) is 128 cm³/mol. The normalized spacial score (nSPS) is 16.3. The molecule has 0 aliphatic heterocycles. The zero-order valence-electron chi connectivity index (χ0n) is 20.3. The molecule has 7 nitrogen and oxygen atoms in total. The Kier molecular flexibility index (Phi) is 5.70. The molecule has 2 amide bonds. The van der Waals surface area contributed by atoms with Gasteiger partial charge in [0.25, 0.3) is 0 Å². The number of hydrogen-bond acceptors (Lipinski definition) is 4. The SMILES string of the molecule is CN(C(=O)C(C)(C)C(C)(C)NC(=O)OCC1c2ccccc2-c2ccccc21)C1(C(=O)O)CC1. The lowest BCUT2D eigenvalue weighted by atomic mass is 9.73. The van der Waals surface area contributed by atoms with E-state index in [2.05, 4.69) is 29.6 Å². The van der Waals surface area contributed by atoms with Crippen LogP contribution < -0.4 is 5.32 Å². The largest absolute Gasteiger partial charge is 0.479 e. The Balaban J connectivity index is 1.44. The Morgan fingerprint density at radius 1 is 1.00 bits per heavy atom. The van der Waals surface area contributed by atoms with Crippen molar-refractivity contribution in [3.63, 3.8) is 0 Å². The Labute approximate surface area is 200 Å². The van der Waals surface area contributed by atoms with Crippen LogP contribution in [0.3, 0.4) is 0 Å². The molecule has 0 heterocycles. The van der Waals surface area contributed by atoms with Crippen LogP contribution in [0, 0.1) is 5.41 Å². The van der Waals surface area contributed by atoms with Gasteiger partial charge in [0, 0.05) is 13.0 Å². The van der Waals surface area contributed by atoms with Crippen LogP contribution in [0.15, 0.2) is 48.5 Å². The minimum atomic E-state index is -1.14. The van der Waals surface area contributed by atoms with E-state index >= 15 is 0 Å². The van der Waals surface area contributed by atoms with Crippen LogP contribution in [0.4, 0.5) is 4.79 Å². The third-order valence-corrected chi connectivity index (χ3v) is 7.92. The summed E-state index contributed by atoms with van der Waals surface area (Å²) in [4.78, 5) is 39.1. The summed E-state index contributed by atoms with van der Waals surface area (Å²) in [6.07, 6.45) is 0.247. The first-order chi connectivity index (χ1) is 15.9. The van der Waals surface area contributed by atoms with Gasteiger partial charge in [0.15, 0.2) is 0 Å². The molecule has 4 rings (SSSR count). The number of likely N-dealkylation sites (N-methyl/N-ethyl adjacent to an activating group) is 1. The number of alkyl carbamates (subject to hydrolysis) is 1. The van der Waals surface area contributed by atoms with Crippen molar-refractivity contribution in [2.75, 3.05) is 13.7 Å². The number of hydrogen-bond donors (Lipinski definition) is 2. The van der Waals surface area contributed by atoms with E-state index < -0.39 is 28.6 Å². The Hall–Kier alpha value is -3.35. The molecule has 1 fully saturated rings. The molecule has 2 aliphatic rings. The summed E-state index contributed by atoms with van der Waals surface area (Å²) in [5, 5.41) is 12.4. The van der Waals surface area contributed by atoms with Crippen molar-refractivity contribution in [2.24, 2.45) is 5.41 Å². The fourth-order valence-electron chi connectivity index (χ4n) is 4.74. The summed E-state index contributed by atoms with van der Waals surface area (Å²) < 4.78 is 5.66. The number of amides is 2. The summed E-state index contributed by atoms with van der Waals surface area (Å²) in [6, 6.07) is 16.2. The van der Waals surface area contributed by atoms with Crippen molar-refractivity contribution in [2.45, 2.75) is 57.5 Å². The van der Waals surface area contributed by atoms with Gasteiger partial charge >= 0.3 is 12.1 Å². The number of fused-ring (bicyclic) bond motifs is 3. The maximum absolute atomic E-state index is 13.3. The number of aliphatic carboxylic acids is 1. The maximum atomic E-state index is 13.3. The number of nitrogens with one attached hydrogen (secondary N) is 1. The molecule has 0 unspecified atom stereocenters. The molecule has 7 heteroatoms. The number of benzene rings is 2. The third kappa shape index (κ3) is 3.73. The molecular weight excluding hydrogens is 432 g/mol. The molecule has 0 bridgehead atoms. The third-order valence-electron chi connectivity index (χ3n) is 7.92. The van der Waals surface area contributed by atoms with Crippen LogP contribution in [0.5, 0.6) is 0 Å². The van der Waals surface area contributed by atoms with E-state index in [0.29, 0.717) is 12.8 Å². The Morgan fingerprint density at radius 2 is 1.50 bits per heavy atom. The molecule has 0 saturated heterocycles. The highest BCUT2D eigenvalue weighted by Gasteiger charge is 2.59. The fourth-order valence-corrected chi connectivity index (χ4v) is 4.74. The predicted octanol–water partition coefficient (Wildman–Crippen LogP) is 4.41. The van der Waals surface area contributed by atoms with Gasteiger partial charge in [0.1, 0.15) is 12.1 Å². The number of rotatable bonds is 7. The molecule has 0 atom stereocenters. The van der Waals surface area contributed by atoms with Crippen molar-refractivity contribution < 1.29 is 24.2 Å². The van der Waals surface area contributed by atoms with Gasteiger partial charge in [0.05, 0.1) is 11.0 Å². The minimum absolute atomic E-state index is 0.0627. The quantitative estimate of drug-likeness (QED) is 0.633. The van der Waals surface area contributed by atoms with E-state index in [4.69, 9.17) is 4.74 Å². The lowest BCUT2D eigenvalue weighted by Gasteiger charge is -2.43. The number of carboxylic acids is 1. The maximum Gasteiger partial charge on any atom is 0.407 e. The van der Waals surface area contributed by atoms with Gasteiger partial charge in [-0.3, -0.25) is 4.79 Å². The van der Waals surface area contributed by atoms with Crippen molar-refractivity contribution in [1.82, 2.24) is 10.2 Å². The topological polar surface area (TPSA) is 95.9 Å². The van der Waals surface area contributed by atoms with Gasteiger partial charge in [0.2, 0.25) is 5.91 Å².